The molecule has 0 spiro atoms. The molecule has 0 atom stereocenters. The number of piperazine rings is 1. The van der Waals surface area contributed by atoms with Gasteiger partial charge in [-0.05, 0) is 28.0 Å². The maximum absolute atomic E-state index is 12.4. The van der Waals surface area contributed by atoms with E-state index in [0.717, 1.165) is 24.7 Å². The second-order valence-electron chi connectivity index (χ2n) is 7.33. The van der Waals surface area contributed by atoms with E-state index in [2.05, 4.69) is 41.2 Å². The molecule has 7 nitrogen and oxygen atoms in total. The Labute approximate surface area is 142 Å². The molecule has 0 aliphatic carbocycles. The van der Waals surface area contributed by atoms with Crippen LogP contribution in [-0.4, -0.2) is 57.2 Å². The third-order valence-electron chi connectivity index (χ3n) is 4.05. The van der Waals surface area contributed by atoms with Gasteiger partial charge >= 0.3 is 0 Å². The zero-order chi connectivity index (χ0) is 17.2. The van der Waals surface area contributed by atoms with Crippen molar-refractivity contribution in [2.75, 3.05) is 31.1 Å². The maximum atomic E-state index is 12.4. The maximum Gasteiger partial charge on any atom is 0.250 e. The van der Waals surface area contributed by atoms with E-state index in [-0.39, 0.29) is 11.3 Å². The molecule has 24 heavy (non-hydrogen) atoms. The Morgan fingerprint density at radius 3 is 2.38 bits per heavy atom. The number of anilines is 1. The average Bonchev–Trinajstić information content (AvgIpc) is 3.04. The standard InChI is InChI=1S/C17H24N6O/c1-17(2,3)13-15(24)21-9-11-22(12-10-21)16-18-19-20-23(16)14-7-5-4-6-8-14/h4-8H,9-13H2,1-3H3. The highest BCUT2D eigenvalue weighted by molar-refractivity contribution is 5.77. The first-order chi connectivity index (χ1) is 11.4. The molecule has 0 radical (unpaired) electrons. The van der Waals surface area contributed by atoms with Gasteiger partial charge in [0.1, 0.15) is 0 Å². The molecule has 1 aromatic heterocycles. The van der Waals surface area contributed by atoms with Gasteiger partial charge in [0, 0.05) is 32.6 Å². The SMILES string of the molecule is CC(C)(C)CC(=O)N1CCN(c2nnnn2-c2ccccc2)CC1. The molecule has 1 fully saturated rings. The van der Waals surface area contributed by atoms with E-state index in [1.165, 1.54) is 0 Å². The number of carbonyl (C=O) groups excluding carboxylic acids is 1. The summed E-state index contributed by atoms with van der Waals surface area (Å²) in [5.41, 5.74) is 0.953. The number of tetrazole rings is 1. The number of nitrogens with zero attached hydrogens (tertiary/aromatic N) is 6. The molecule has 1 aromatic carbocycles. The average molecular weight is 328 g/mol. The van der Waals surface area contributed by atoms with Crippen LogP contribution in [0.5, 0.6) is 0 Å². The van der Waals surface area contributed by atoms with Crippen molar-refractivity contribution in [3.8, 4) is 5.69 Å². The highest BCUT2D eigenvalue weighted by atomic mass is 16.2. The summed E-state index contributed by atoms with van der Waals surface area (Å²) in [6.45, 7) is 9.17. The van der Waals surface area contributed by atoms with Crippen LogP contribution >= 0.6 is 0 Å². The van der Waals surface area contributed by atoms with Crippen LogP contribution in [-0.2, 0) is 4.79 Å². The van der Waals surface area contributed by atoms with Crippen LogP contribution in [0, 0.1) is 5.41 Å². The Kier molecular flexibility index (Phi) is 4.51. The fraction of sp³-hybridized carbons (Fsp3) is 0.529. The predicted octanol–water partition coefficient (Wildman–Crippen LogP) is 1.75. The molecule has 0 saturated carbocycles. The molecule has 0 unspecified atom stereocenters. The first-order valence-electron chi connectivity index (χ1n) is 8.30. The van der Waals surface area contributed by atoms with E-state index in [9.17, 15) is 4.79 Å². The van der Waals surface area contributed by atoms with Crippen molar-refractivity contribution in [3.63, 3.8) is 0 Å². The molecule has 0 N–H and O–H groups in total. The molecular formula is C17H24N6O. The van der Waals surface area contributed by atoms with Gasteiger partial charge in [-0.15, -0.1) is 0 Å². The summed E-state index contributed by atoms with van der Waals surface area (Å²) in [7, 11) is 0. The van der Waals surface area contributed by atoms with Gasteiger partial charge in [-0.1, -0.05) is 44.1 Å². The van der Waals surface area contributed by atoms with Gasteiger partial charge in [0.2, 0.25) is 11.9 Å². The van der Waals surface area contributed by atoms with Crippen LogP contribution in [0.15, 0.2) is 30.3 Å². The lowest BCUT2D eigenvalue weighted by Gasteiger charge is -2.36. The zero-order valence-corrected chi connectivity index (χ0v) is 14.5. The predicted molar refractivity (Wildman–Crippen MR) is 92.0 cm³/mol. The zero-order valence-electron chi connectivity index (χ0n) is 14.5. The van der Waals surface area contributed by atoms with E-state index in [4.69, 9.17) is 0 Å². The van der Waals surface area contributed by atoms with Crippen molar-refractivity contribution in [1.82, 2.24) is 25.1 Å². The van der Waals surface area contributed by atoms with Gasteiger partial charge in [0.15, 0.2) is 0 Å². The van der Waals surface area contributed by atoms with Crippen molar-refractivity contribution in [2.45, 2.75) is 27.2 Å². The summed E-state index contributed by atoms with van der Waals surface area (Å²) in [5.74, 6) is 0.953. The van der Waals surface area contributed by atoms with Gasteiger partial charge in [-0.25, -0.2) is 0 Å². The van der Waals surface area contributed by atoms with Gasteiger partial charge in [-0.3, -0.25) is 4.79 Å². The number of carbonyl (C=O) groups is 1. The molecule has 0 bridgehead atoms. The molecule has 1 saturated heterocycles. The van der Waals surface area contributed by atoms with Crippen LogP contribution < -0.4 is 4.90 Å². The summed E-state index contributed by atoms with van der Waals surface area (Å²) in [5, 5.41) is 12.1. The molecule has 2 aromatic rings. The molecule has 7 heteroatoms. The molecule has 1 aliphatic heterocycles. The van der Waals surface area contributed by atoms with Crippen molar-refractivity contribution in [2.24, 2.45) is 5.41 Å². The van der Waals surface area contributed by atoms with Crippen molar-refractivity contribution < 1.29 is 4.79 Å². The van der Waals surface area contributed by atoms with E-state index in [0.29, 0.717) is 19.5 Å². The van der Waals surface area contributed by atoms with Gasteiger partial charge in [-0.2, -0.15) is 4.68 Å². The number of aromatic nitrogens is 4. The lowest BCUT2D eigenvalue weighted by molar-refractivity contribution is -0.133. The van der Waals surface area contributed by atoms with Crippen LogP contribution in [0.3, 0.4) is 0 Å². The Bertz CT molecular complexity index is 683. The van der Waals surface area contributed by atoms with Crippen molar-refractivity contribution in [3.05, 3.63) is 30.3 Å². The molecule has 1 amide bonds. The summed E-state index contributed by atoms with van der Waals surface area (Å²) in [4.78, 5) is 16.4. The summed E-state index contributed by atoms with van der Waals surface area (Å²) in [6, 6.07) is 9.84. The Morgan fingerprint density at radius 2 is 1.75 bits per heavy atom. The van der Waals surface area contributed by atoms with Crippen LogP contribution in [0.1, 0.15) is 27.2 Å². The van der Waals surface area contributed by atoms with Crippen LogP contribution in [0.25, 0.3) is 5.69 Å². The summed E-state index contributed by atoms with van der Waals surface area (Å²) >= 11 is 0. The highest BCUT2D eigenvalue weighted by Gasteiger charge is 2.27. The van der Waals surface area contributed by atoms with E-state index in [1.54, 1.807) is 4.68 Å². The van der Waals surface area contributed by atoms with Gasteiger partial charge in [0.25, 0.3) is 0 Å². The third kappa shape index (κ3) is 3.72. The minimum absolute atomic E-state index is 0.0195. The number of amides is 1. The second-order valence-corrected chi connectivity index (χ2v) is 7.33. The number of benzene rings is 1. The minimum atomic E-state index is 0.0195. The van der Waals surface area contributed by atoms with Gasteiger partial charge < -0.3 is 9.80 Å². The normalized spacial score (nSPS) is 15.6. The Morgan fingerprint density at radius 1 is 1.08 bits per heavy atom. The highest BCUT2D eigenvalue weighted by Crippen LogP contribution is 2.21. The third-order valence-corrected chi connectivity index (χ3v) is 4.05. The smallest absolute Gasteiger partial charge is 0.250 e. The molecule has 1 aliphatic rings. The van der Waals surface area contributed by atoms with Crippen LogP contribution in [0.4, 0.5) is 5.95 Å². The van der Waals surface area contributed by atoms with Crippen LogP contribution in [0.2, 0.25) is 0 Å². The fourth-order valence-electron chi connectivity index (χ4n) is 2.84. The van der Waals surface area contributed by atoms with E-state index < -0.39 is 0 Å². The Balaban J connectivity index is 1.66. The fourth-order valence-corrected chi connectivity index (χ4v) is 2.84. The lowest BCUT2D eigenvalue weighted by Crippen LogP contribution is -2.50. The Hall–Kier alpha value is -2.44. The van der Waals surface area contributed by atoms with Gasteiger partial charge in [0.05, 0.1) is 5.69 Å². The molecule has 2 heterocycles. The van der Waals surface area contributed by atoms with Crippen molar-refractivity contribution in [1.29, 1.82) is 0 Å². The number of hydrogen-bond acceptors (Lipinski definition) is 5. The van der Waals surface area contributed by atoms with E-state index >= 15 is 0 Å². The number of para-hydroxylation sites is 1. The molecule has 3 rings (SSSR count). The lowest BCUT2D eigenvalue weighted by atomic mass is 9.91. The molecular weight excluding hydrogens is 304 g/mol. The number of rotatable bonds is 3. The first kappa shape index (κ1) is 16.4. The summed E-state index contributed by atoms with van der Waals surface area (Å²) < 4.78 is 1.74. The minimum Gasteiger partial charge on any atom is -0.339 e. The quantitative estimate of drug-likeness (QED) is 0.859. The van der Waals surface area contributed by atoms with Crippen molar-refractivity contribution >= 4 is 11.9 Å². The summed E-state index contributed by atoms with van der Waals surface area (Å²) in [6.07, 6.45) is 0.578. The molecule has 128 valence electrons. The monoisotopic (exact) mass is 328 g/mol. The largest absolute Gasteiger partial charge is 0.339 e. The topological polar surface area (TPSA) is 67.2 Å². The second kappa shape index (κ2) is 6.59. The van der Waals surface area contributed by atoms with E-state index in [1.807, 2.05) is 35.2 Å². The number of hydrogen-bond donors (Lipinski definition) is 0. The first-order valence-corrected chi connectivity index (χ1v) is 8.30.